The van der Waals surface area contributed by atoms with Crippen molar-refractivity contribution in [3.63, 3.8) is 0 Å². The monoisotopic (exact) mass is 301 g/mol. The summed E-state index contributed by atoms with van der Waals surface area (Å²) in [6, 6.07) is 0. The zero-order valence-electron chi connectivity index (χ0n) is 10.3. The van der Waals surface area contributed by atoms with E-state index in [2.05, 4.69) is 42.1 Å². The molecule has 1 saturated carbocycles. The van der Waals surface area contributed by atoms with Gasteiger partial charge in [0.25, 0.3) is 0 Å². The van der Waals surface area contributed by atoms with Crippen LogP contribution >= 0.6 is 27.3 Å². The molecule has 1 fully saturated rings. The van der Waals surface area contributed by atoms with Crippen LogP contribution in [-0.2, 0) is 11.8 Å². The van der Waals surface area contributed by atoms with E-state index in [1.54, 1.807) is 0 Å². The fourth-order valence-corrected chi connectivity index (χ4v) is 3.52. The Kier molecular flexibility index (Phi) is 3.75. The van der Waals surface area contributed by atoms with Gasteiger partial charge in [0, 0.05) is 22.0 Å². The third-order valence-corrected chi connectivity index (χ3v) is 5.20. The standard InChI is InChI=1S/C13H20BrNS/c1-13(2,3)11-8-16-12(15-11)7-6-10(14)9-4-5-9/h8-10H,4-7H2,1-3H3. The number of thiazole rings is 1. The highest BCUT2D eigenvalue weighted by Gasteiger charge is 2.29. The van der Waals surface area contributed by atoms with Gasteiger partial charge in [-0.05, 0) is 25.2 Å². The summed E-state index contributed by atoms with van der Waals surface area (Å²) in [6.45, 7) is 6.68. The van der Waals surface area contributed by atoms with Crippen LogP contribution in [0.15, 0.2) is 5.38 Å². The Hall–Kier alpha value is 0.110. The van der Waals surface area contributed by atoms with Crippen molar-refractivity contribution >= 4 is 27.3 Å². The predicted octanol–water partition coefficient (Wildman–Crippen LogP) is 4.55. The molecule has 1 aromatic heterocycles. The quantitative estimate of drug-likeness (QED) is 0.744. The number of aromatic nitrogens is 1. The maximum absolute atomic E-state index is 4.73. The van der Waals surface area contributed by atoms with Crippen LogP contribution in [0.1, 0.15) is 50.7 Å². The summed E-state index contributed by atoms with van der Waals surface area (Å²) in [5.41, 5.74) is 1.43. The summed E-state index contributed by atoms with van der Waals surface area (Å²) in [6.07, 6.45) is 5.21. The second-order valence-electron chi connectivity index (χ2n) is 5.77. The van der Waals surface area contributed by atoms with E-state index < -0.39 is 0 Å². The van der Waals surface area contributed by atoms with Crippen molar-refractivity contribution in [3.8, 4) is 0 Å². The maximum Gasteiger partial charge on any atom is 0.0928 e. The molecule has 3 heteroatoms. The number of aryl methyl sites for hydroxylation is 1. The molecule has 0 amide bonds. The number of alkyl halides is 1. The molecular weight excluding hydrogens is 282 g/mol. The Morgan fingerprint density at radius 2 is 2.19 bits per heavy atom. The van der Waals surface area contributed by atoms with Gasteiger partial charge in [0.2, 0.25) is 0 Å². The van der Waals surface area contributed by atoms with Gasteiger partial charge in [-0.15, -0.1) is 11.3 Å². The highest BCUT2D eigenvalue weighted by atomic mass is 79.9. The van der Waals surface area contributed by atoms with Crippen molar-refractivity contribution in [1.29, 1.82) is 0 Å². The molecule has 0 saturated heterocycles. The zero-order valence-corrected chi connectivity index (χ0v) is 12.7. The summed E-state index contributed by atoms with van der Waals surface area (Å²) in [4.78, 5) is 5.45. The van der Waals surface area contributed by atoms with Gasteiger partial charge in [-0.3, -0.25) is 0 Å². The molecule has 0 radical (unpaired) electrons. The summed E-state index contributed by atoms with van der Waals surface area (Å²) in [5, 5.41) is 3.52. The predicted molar refractivity (Wildman–Crippen MR) is 74.6 cm³/mol. The van der Waals surface area contributed by atoms with Crippen molar-refractivity contribution in [1.82, 2.24) is 4.98 Å². The summed E-state index contributed by atoms with van der Waals surface area (Å²) in [5.74, 6) is 0.946. The highest BCUT2D eigenvalue weighted by molar-refractivity contribution is 9.09. The molecule has 16 heavy (non-hydrogen) atoms. The Bertz CT molecular complexity index is 349. The van der Waals surface area contributed by atoms with E-state index in [9.17, 15) is 0 Å². The first-order valence-corrected chi connectivity index (χ1v) is 7.85. The second-order valence-corrected chi connectivity index (χ2v) is 7.89. The third-order valence-electron chi connectivity index (χ3n) is 3.09. The molecule has 1 heterocycles. The molecule has 1 atom stereocenters. The summed E-state index contributed by atoms with van der Waals surface area (Å²) >= 11 is 5.60. The van der Waals surface area contributed by atoms with Crippen LogP contribution in [0, 0.1) is 5.92 Å². The lowest BCUT2D eigenvalue weighted by Gasteiger charge is -2.14. The fraction of sp³-hybridized carbons (Fsp3) is 0.769. The second kappa shape index (κ2) is 4.77. The average Bonchev–Trinajstić information content (AvgIpc) is 2.92. The lowest BCUT2D eigenvalue weighted by atomic mass is 9.93. The highest BCUT2D eigenvalue weighted by Crippen LogP contribution is 2.38. The van der Waals surface area contributed by atoms with Crippen molar-refractivity contribution in [2.24, 2.45) is 5.92 Å². The van der Waals surface area contributed by atoms with E-state index in [-0.39, 0.29) is 5.41 Å². The van der Waals surface area contributed by atoms with E-state index in [1.165, 1.54) is 30.0 Å². The Labute approximate surface area is 111 Å². The van der Waals surface area contributed by atoms with Gasteiger partial charge < -0.3 is 0 Å². The van der Waals surface area contributed by atoms with Gasteiger partial charge in [0.15, 0.2) is 0 Å². The van der Waals surface area contributed by atoms with Crippen LogP contribution in [0.4, 0.5) is 0 Å². The molecular formula is C13H20BrNS. The molecule has 2 rings (SSSR count). The fourth-order valence-electron chi connectivity index (χ4n) is 1.73. The van der Waals surface area contributed by atoms with E-state index >= 15 is 0 Å². The number of hydrogen-bond donors (Lipinski definition) is 0. The Balaban J connectivity index is 1.87. The van der Waals surface area contributed by atoms with Crippen LogP contribution in [0.2, 0.25) is 0 Å². The average molecular weight is 302 g/mol. The van der Waals surface area contributed by atoms with Gasteiger partial charge in [-0.25, -0.2) is 4.98 Å². The van der Waals surface area contributed by atoms with Crippen LogP contribution in [0.5, 0.6) is 0 Å². The van der Waals surface area contributed by atoms with Gasteiger partial charge in [0.1, 0.15) is 0 Å². The summed E-state index contributed by atoms with van der Waals surface area (Å²) in [7, 11) is 0. The molecule has 0 N–H and O–H groups in total. The van der Waals surface area contributed by atoms with Crippen molar-refractivity contribution in [3.05, 3.63) is 16.1 Å². The van der Waals surface area contributed by atoms with Crippen LogP contribution < -0.4 is 0 Å². The van der Waals surface area contributed by atoms with Gasteiger partial charge in [0.05, 0.1) is 10.7 Å². The number of hydrogen-bond acceptors (Lipinski definition) is 2. The van der Waals surface area contributed by atoms with Crippen molar-refractivity contribution in [2.75, 3.05) is 0 Å². The minimum absolute atomic E-state index is 0.193. The van der Waals surface area contributed by atoms with Crippen LogP contribution in [0.25, 0.3) is 0 Å². The zero-order chi connectivity index (χ0) is 11.8. The molecule has 0 bridgehead atoms. The molecule has 0 aromatic carbocycles. The number of halogens is 1. The molecule has 1 aliphatic carbocycles. The van der Waals surface area contributed by atoms with Gasteiger partial charge in [-0.2, -0.15) is 0 Å². The van der Waals surface area contributed by atoms with Crippen molar-refractivity contribution < 1.29 is 0 Å². The smallest absolute Gasteiger partial charge is 0.0928 e. The first-order valence-electron chi connectivity index (χ1n) is 6.06. The first-order chi connectivity index (χ1) is 7.47. The molecule has 0 aliphatic heterocycles. The van der Waals surface area contributed by atoms with Gasteiger partial charge >= 0.3 is 0 Å². The molecule has 90 valence electrons. The van der Waals surface area contributed by atoms with Crippen LogP contribution in [-0.4, -0.2) is 9.81 Å². The normalized spacial score (nSPS) is 18.8. The minimum Gasteiger partial charge on any atom is -0.246 e. The lowest BCUT2D eigenvalue weighted by molar-refractivity contribution is 0.569. The molecule has 0 spiro atoms. The number of rotatable bonds is 4. The van der Waals surface area contributed by atoms with Crippen molar-refractivity contribution in [2.45, 2.75) is 56.7 Å². The van der Waals surface area contributed by atoms with E-state index in [0.717, 1.165) is 17.2 Å². The molecule has 1 unspecified atom stereocenters. The Morgan fingerprint density at radius 3 is 2.69 bits per heavy atom. The first kappa shape index (κ1) is 12.6. The molecule has 1 aromatic rings. The van der Waals surface area contributed by atoms with Gasteiger partial charge in [-0.1, -0.05) is 36.7 Å². The third kappa shape index (κ3) is 3.30. The van der Waals surface area contributed by atoms with E-state index in [0.29, 0.717) is 0 Å². The molecule has 1 nitrogen and oxygen atoms in total. The number of nitrogens with zero attached hydrogens (tertiary/aromatic N) is 1. The maximum atomic E-state index is 4.73. The Morgan fingerprint density at radius 1 is 1.50 bits per heavy atom. The minimum atomic E-state index is 0.193. The van der Waals surface area contributed by atoms with E-state index in [4.69, 9.17) is 4.98 Å². The van der Waals surface area contributed by atoms with E-state index in [1.807, 2.05) is 11.3 Å². The molecule has 1 aliphatic rings. The lowest BCUT2D eigenvalue weighted by Crippen LogP contribution is -2.11. The summed E-state index contributed by atoms with van der Waals surface area (Å²) < 4.78 is 0. The van der Waals surface area contributed by atoms with Crippen LogP contribution in [0.3, 0.4) is 0 Å². The topological polar surface area (TPSA) is 12.9 Å². The SMILES string of the molecule is CC(C)(C)c1csc(CCC(Br)C2CC2)n1. The largest absolute Gasteiger partial charge is 0.246 e.